The zero-order valence-corrected chi connectivity index (χ0v) is 7.67. The molecule has 1 rings (SSSR count). The average molecular weight is 208 g/mol. The zero-order chi connectivity index (χ0) is 11.4. The fourth-order valence-electron chi connectivity index (χ4n) is 1.27. The number of carbonyl (C=O) groups is 2. The number of benzene rings is 1. The third kappa shape index (κ3) is 2.70. The van der Waals surface area contributed by atoms with Gasteiger partial charge in [-0.3, -0.25) is 0 Å². The molecule has 0 bridgehead atoms. The first-order valence-electron chi connectivity index (χ1n) is 4.21. The summed E-state index contributed by atoms with van der Waals surface area (Å²) in [6.45, 7) is 0. The fourth-order valence-corrected chi connectivity index (χ4v) is 1.27. The van der Waals surface area contributed by atoms with E-state index < -0.39 is 24.3 Å². The molecule has 0 saturated carbocycles. The summed E-state index contributed by atoms with van der Waals surface area (Å²) in [6, 6.07) is 5.61. The number of carboxylic acids is 2. The monoisotopic (exact) mass is 208 g/mol. The molecule has 1 atom stereocenters. The van der Waals surface area contributed by atoms with Crippen LogP contribution in [0.5, 0.6) is 5.75 Å². The molecule has 15 heavy (non-hydrogen) atoms. The molecule has 5 heteroatoms. The molecule has 0 aliphatic heterocycles. The molecule has 0 aliphatic rings. The Bertz CT molecular complexity index is 385. The molecular weight excluding hydrogens is 200 g/mol. The van der Waals surface area contributed by atoms with Crippen molar-refractivity contribution in [2.75, 3.05) is 0 Å². The number of phenolic OH excluding ortho intramolecular Hbond substituents is 1. The summed E-state index contributed by atoms with van der Waals surface area (Å²) in [5, 5.41) is 30.3. The number of aromatic hydroxyl groups is 1. The van der Waals surface area contributed by atoms with E-state index in [1.54, 1.807) is 0 Å². The minimum Gasteiger partial charge on any atom is -0.550 e. The predicted octanol–water partition coefficient (Wildman–Crippen LogP) is -1.63. The lowest BCUT2D eigenvalue weighted by Gasteiger charge is -2.19. The maximum Gasteiger partial charge on any atom is 0.119 e. The highest BCUT2D eigenvalue weighted by molar-refractivity contribution is 5.81. The van der Waals surface area contributed by atoms with Crippen molar-refractivity contribution in [3.05, 3.63) is 29.8 Å². The number of rotatable bonds is 4. The van der Waals surface area contributed by atoms with E-state index in [9.17, 15) is 24.9 Å². The lowest BCUT2D eigenvalue weighted by atomic mass is 9.95. The molecule has 0 unspecified atom stereocenters. The number of hydrogen-bond acceptors (Lipinski definition) is 5. The van der Waals surface area contributed by atoms with Crippen LogP contribution in [0.2, 0.25) is 0 Å². The van der Waals surface area contributed by atoms with Crippen LogP contribution in [0, 0.1) is 0 Å². The predicted molar refractivity (Wildman–Crippen MR) is 45.5 cm³/mol. The minimum absolute atomic E-state index is 0.0155. The van der Waals surface area contributed by atoms with Crippen molar-refractivity contribution < 1.29 is 24.9 Å². The smallest absolute Gasteiger partial charge is 0.119 e. The summed E-state index contributed by atoms with van der Waals surface area (Å²) in [6.07, 6.45) is -0.722. The summed E-state index contributed by atoms with van der Waals surface area (Å²) >= 11 is 0. The van der Waals surface area contributed by atoms with Crippen LogP contribution in [-0.4, -0.2) is 17.0 Å². The molecule has 0 saturated heterocycles. The van der Waals surface area contributed by atoms with Crippen molar-refractivity contribution in [2.24, 2.45) is 0 Å². The fraction of sp³-hybridized carbons (Fsp3) is 0.200. The van der Waals surface area contributed by atoms with Gasteiger partial charge >= 0.3 is 0 Å². The second-order valence-electron chi connectivity index (χ2n) is 3.01. The van der Waals surface area contributed by atoms with Crippen LogP contribution in [0.3, 0.4) is 0 Å². The van der Waals surface area contributed by atoms with Gasteiger partial charge in [0, 0.05) is 23.4 Å². The van der Waals surface area contributed by atoms with Gasteiger partial charge in [0.1, 0.15) is 5.75 Å². The van der Waals surface area contributed by atoms with Crippen LogP contribution < -0.4 is 10.2 Å². The summed E-state index contributed by atoms with van der Waals surface area (Å²) in [5.74, 6) is -4.72. The maximum atomic E-state index is 10.7. The maximum absolute atomic E-state index is 10.7. The highest BCUT2D eigenvalue weighted by atomic mass is 16.4. The summed E-state index contributed by atoms with van der Waals surface area (Å²) in [5.41, 5.74) is 0.0155. The number of carboxylic acid groups (broad SMARTS) is 2. The Kier molecular flexibility index (Phi) is 3.28. The molecule has 1 aromatic rings. The molecular formula is C10H8O5-2. The highest BCUT2D eigenvalue weighted by Gasteiger charge is 2.16. The lowest BCUT2D eigenvalue weighted by molar-refractivity contribution is -0.317. The van der Waals surface area contributed by atoms with Crippen molar-refractivity contribution in [3.8, 4) is 5.75 Å². The van der Waals surface area contributed by atoms with Gasteiger partial charge < -0.3 is 24.9 Å². The lowest BCUT2D eigenvalue weighted by Crippen LogP contribution is -2.34. The van der Waals surface area contributed by atoms with Gasteiger partial charge in [0.05, 0.1) is 0 Å². The topological polar surface area (TPSA) is 100 Å². The standard InChI is InChI=1S/C10H10O5/c11-8-4-2-1-3-6(8)7(10(14)15)5-9(12)13/h1-4,7,11H,5H2,(H,12,13)(H,14,15)/p-2/t7-/m1/s1. The first kappa shape index (κ1) is 11.0. The average Bonchev–Trinajstić information content (AvgIpc) is 2.15. The molecule has 0 spiro atoms. The quantitative estimate of drug-likeness (QED) is 0.639. The number of carbonyl (C=O) groups excluding carboxylic acids is 2. The van der Waals surface area contributed by atoms with Gasteiger partial charge in [-0.2, -0.15) is 0 Å². The van der Waals surface area contributed by atoms with E-state index in [-0.39, 0.29) is 11.3 Å². The van der Waals surface area contributed by atoms with Crippen LogP contribution >= 0.6 is 0 Å². The van der Waals surface area contributed by atoms with Gasteiger partial charge in [-0.1, -0.05) is 18.2 Å². The van der Waals surface area contributed by atoms with E-state index in [0.717, 1.165) is 0 Å². The Balaban J connectivity index is 3.04. The van der Waals surface area contributed by atoms with Crippen molar-refractivity contribution in [1.82, 2.24) is 0 Å². The third-order valence-electron chi connectivity index (χ3n) is 1.97. The Labute approximate surface area is 85.6 Å². The van der Waals surface area contributed by atoms with E-state index in [1.165, 1.54) is 24.3 Å². The van der Waals surface area contributed by atoms with Gasteiger partial charge in [-0.25, -0.2) is 0 Å². The Hall–Kier alpha value is -2.04. The first-order chi connectivity index (χ1) is 7.02. The number of hydrogen-bond donors (Lipinski definition) is 1. The molecule has 0 heterocycles. The molecule has 5 nitrogen and oxygen atoms in total. The SMILES string of the molecule is O=C([O-])C[C@@H](C(=O)[O-])c1ccccc1O. The van der Waals surface area contributed by atoms with Crippen LogP contribution in [0.25, 0.3) is 0 Å². The summed E-state index contributed by atoms with van der Waals surface area (Å²) in [4.78, 5) is 21.0. The van der Waals surface area contributed by atoms with Crippen LogP contribution in [0.4, 0.5) is 0 Å². The van der Waals surface area contributed by atoms with Gasteiger partial charge in [-0.05, 0) is 12.5 Å². The van der Waals surface area contributed by atoms with Crippen molar-refractivity contribution in [1.29, 1.82) is 0 Å². The first-order valence-corrected chi connectivity index (χ1v) is 4.21. The van der Waals surface area contributed by atoms with Crippen molar-refractivity contribution in [2.45, 2.75) is 12.3 Å². The normalized spacial score (nSPS) is 12.0. The van der Waals surface area contributed by atoms with Crippen molar-refractivity contribution in [3.63, 3.8) is 0 Å². The largest absolute Gasteiger partial charge is 0.550 e. The van der Waals surface area contributed by atoms with Crippen molar-refractivity contribution >= 4 is 11.9 Å². The van der Waals surface area contributed by atoms with Gasteiger partial charge in [0.25, 0.3) is 0 Å². The third-order valence-corrected chi connectivity index (χ3v) is 1.97. The van der Waals surface area contributed by atoms with Gasteiger partial charge in [0.2, 0.25) is 0 Å². The Morgan fingerprint density at radius 2 is 1.87 bits per heavy atom. The second kappa shape index (κ2) is 4.45. The van der Waals surface area contributed by atoms with Crippen LogP contribution in [0.15, 0.2) is 24.3 Å². The molecule has 0 fully saturated rings. The van der Waals surface area contributed by atoms with E-state index in [2.05, 4.69) is 0 Å². The van der Waals surface area contributed by atoms with Crippen LogP contribution in [0.1, 0.15) is 17.9 Å². The van der Waals surface area contributed by atoms with Crippen LogP contribution in [-0.2, 0) is 9.59 Å². The highest BCUT2D eigenvalue weighted by Crippen LogP contribution is 2.27. The molecule has 1 N–H and O–H groups in total. The number of phenols is 1. The van der Waals surface area contributed by atoms with Gasteiger partial charge in [-0.15, -0.1) is 0 Å². The minimum atomic E-state index is -1.55. The molecule has 1 aromatic carbocycles. The Morgan fingerprint density at radius 3 is 2.33 bits per heavy atom. The molecule has 0 amide bonds. The number of aliphatic carboxylic acids is 2. The zero-order valence-electron chi connectivity index (χ0n) is 7.67. The molecule has 0 radical (unpaired) electrons. The van der Waals surface area contributed by atoms with E-state index in [1.807, 2.05) is 0 Å². The van der Waals surface area contributed by atoms with E-state index >= 15 is 0 Å². The molecule has 0 aromatic heterocycles. The number of para-hydroxylation sites is 1. The van der Waals surface area contributed by atoms with E-state index in [4.69, 9.17) is 0 Å². The summed E-state index contributed by atoms with van der Waals surface area (Å²) in [7, 11) is 0. The Morgan fingerprint density at radius 1 is 1.27 bits per heavy atom. The van der Waals surface area contributed by atoms with E-state index in [0.29, 0.717) is 0 Å². The molecule has 0 aliphatic carbocycles. The molecule has 80 valence electrons. The second-order valence-corrected chi connectivity index (χ2v) is 3.01. The summed E-state index contributed by atoms with van der Waals surface area (Å²) < 4.78 is 0. The van der Waals surface area contributed by atoms with Gasteiger partial charge in [0.15, 0.2) is 0 Å².